The van der Waals surface area contributed by atoms with Gasteiger partial charge in [-0.15, -0.1) is 10.2 Å². The molecule has 122 valence electrons. The number of rotatable bonds is 4. The molecular weight excluding hydrogens is 290 g/mol. The van der Waals surface area contributed by atoms with E-state index >= 15 is 0 Å². The number of hydrogen-bond donors (Lipinski definition) is 0. The number of ether oxygens (including phenoxy) is 1. The van der Waals surface area contributed by atoms with Crippen molar-refractivity contribution in [1.82, 2.24) is 24.6 Å². The van der Waals surface area contributed by atoms with Crippen LogP contribution >= 0.6 is 0 Å². The molecule has 2 aliphatic heterocycles. The minimum Gasteiger partial charge on any atom is -0.381 e. The van der Waals surface area contributed by atoms with Crippen LogP contribution in [0, 0.1) is 5.92 Å². The van der Waals surface area contributed by atoms with Gasteiger partial charge in [0.1, 0.15) is 11.6 Å². The van der Waals surface area contributed by atoms with E-state index in [1.165, 1.54) is 12.0 Å². The summed E-state index contributed by atoms with van der Waals surface area (Å²) in [5.74, 6) is 2.88. The standard InChI is InChI=1S/C17H23N5O/c1-2-14(11-18-5-1)10-17-20-19-16-3-6-21(7-8-22(16)17)12-15-4-9-23-13-15/h1-2,5,11,15H,3-4,6-10,12-13H2/t15-/m1/s1. The first-order chi connectivity index (χ1) is 11.4. The fraction of sp³-hybridized carbons (Fsp3) is 0.588. The Kier molecular flexibility index (Phi) is 4.35. The molecule has 0 spiro atoms. The monoisotopic (exact) mass is 313 g/mol. The molecule has 23 heavy (non-hydrogen) atoms. The molecule has 2 aromatic heterocycles. The van der Waals surface area contributed by atoms with Crippen molar-refractivity contribution in [3.05, 3.63) is 41.7 Å². The Bertz CT molecular complexity index is 636. The van der Waals surface area contributed by atoms with Crippen molar-refractivity contribution < 1.29 is 4.74 Å². The molecule has 2 aliphatic rings. The first-order valence-electron chi connectivity index (χ1n) is 8.48. The molecule has 0 radical (unpaired) electrons. The molecule has 4 rings (SSSR count). The SMILES string of the molecule is c1cncc(Cc2nnc3n2CCN(C[C@H]2CCOC2)CC3)c1. The Morgan fingerprint density at radius 3 is 3.04 bits per heavy atom. The second-order valence-electron chi connectivity index (χ2n) is 6.50. The summed E-state index contributed by atoms with van der Waals surface area (Å²) < 4.78 is 7.81. The van der Waals surface area contributed by atoms with Gasteiger partial charge in [-0.3, -0.25) is 4.98 Å². The summed E-state index contributed by atoms with van der Waals surface area (Å²) in [6.07, 6.45) is 6.70. The van der Waals surface area contributed by atoms with Crippen LogP contribution in [-0.2, 0) is 24.1 Å². The fourth-order valence-corrected chi connectivity index (χ4v) is 3.52. The van der Waals surface area contributed by atoms with Gasteiger partial charge in [0, 0.05) is 58.0 Å². The van der Waals surface area contributed by atoms with Gasteiger partial charge in [0.2, 0.25) is 0 Å². The van der Waals surface area contributed by atoms with Crippen molar-refractivity contribution in [2.75, 3.05) is 32.8 Å². The van der Waals surface area contributed by atoms with Gasteiger partial charge < -0.3 is 14.2 Å². The number of nitrogens with zero attached hydrogens (tertiary/aromatic N) is 5. The van der Waals surface area contributed by atoms with Crippen molar-refractivity contribution in [2.45, 2.75) is 25.8 Å². The Morgan fingerprint density at radius 1 is 1.22 bits per heavy atom. The predicted octanol–water partition coefficient (Wildman–Crippen LogP) is 1.16. The van der Waals surface area contributed by atoms with Crippen LogP contribution < -0.4 is 0 Å². The normalized spacial score (nSPS) is 22.0. The fourth-order valence-electron chi connectivity index (χ4n) is 3.52. The van der Waals surface area contributed by atoms with Crippen LogP contribution in [0.25, 0.3) is 0 Å². The lowest BCUT2D eigenvalue weighted by atomic mass is 10.1. The molecule has 1 fully saturated rings. The lowest BCUT2D eigenvalue weighted by Gasteiger charge is -2.22. The van der Waals surface area contributed by atoms with Crippen molar-refractivity contribution >= 4 is 0 Å². The summed E-state index contributed by atoms with van der Waals surface area (Å²) >= 11 is 0. The minimum atomic E-state index is 0.702. The lowest BCUT2D eigenvalue weighted by Crippen LogP contribution is -2.32. The predicted molar refractivity (Wildman–Crippen MR) is 86.1 cm³/mol. The first-order valence-corrected chi connectivity index (χ1v) is 8.48. The van der Waals surface area contributed by atoms with Crippen LogP contribution in [0.2, 0.25) is 0 Å². The van der Waals surface area contributed by atoms with E-state index in [9.17, 15) is 0 Å². The Hall–Kier alpha value is -1.79. The van der Waals surface area contributed by atoms with E-state index in [2.05, 4.69) is 30.7 Å². The quantitative estimate of drug-likeness (QED) is 0.848. The lowest BCUT2D eigenvalue weighted by molar-refractivity contribution is 0.167. The molecule has 0 saturated carbocycles. The second kappa shape index (κ2) is 6.76. The largest absolute Gasteiger partial charge is 0.381 e. The summed E-state index contributed by atoms with van der Waals surface area (Å²) in [5.41, 5.74) is 1.19. The Balaban J connectivity index is 1.42. The summed E-state index contributed by atoms with van der Waals surface area (Å²) in [7, 11) is 0. The van der Waals surface area contributed by atoms with Crippen molar-refractivity contribution in [2.24, 2.45) is 5.92 Å². The highest BCUT2D eigenvalue weighted by molar-refractivity contribution is 5.15. The van der Waals surface area contributed by atoms with Crippen LogP contribution in [-0.4, -0.2) is 57.5 Å². The summed E-state index contributed by atoms with van der Waals surface area (Å²) in [6, 6.07) is 4.07. The van der Waals surface area contributed by atoms with Crippen molar-refractivity contribution in [3.8, 4) is 0 Å². The Morgan fingerprint density at radius 2 is 2.22 bits per heavy atom. The summed E-state index contributed by atoms with van der Waals surface area (Å²) in [4.78, 5) is 6.75. The van der Waals surface area contributed by atoms with E-state index in [4.69, 9.17) is 4.74 Å². The van der Waals surface area contributed by atoms with Crippen LogP contribution in [0.4, 0.5) is 0 Å². The molecule has 2 aromatic rings. The average Bonchev–Trinajstić information content (AvgIpc) is 3.17. The van der Waals surface area contributed by atoms with E-state index in [1.54, 1.807) is 6.20 Å². The highest BCUT2D eigenvalue weighted by Crippen LogP contribution is 2.17. The van der Waals surface area contributed by atoms with Gasteiger partial charge in [0.05, 0.1) is 6.61 Å². The molecule has 6 heteroatoms. The molecule has 0 aliphatic carbocycles. The molecule has 1 atom stereocenters. The second-order valence-corrected chi connectivity index (χ2v) is 6.50. The van der Waals surface area contributed by atoms with Crippen LogP contribution in [0.3, 0.4) is 0 Å². The van der Waals surface area contributed by atoms with E-state index in [-0.39, 0.29) is 0 Å². The maximum Gasteiger partial charge on any atom is 0.137 e. The summed E-state index contributed by atoms with van der Waals surface area (Å²) in [6.45, 7) is 6.12. The molecule has 0 amide bonds. The van der Waals surface area contributed by atoms with E-state index in [0.717, 1.165) is 63.9 Å². The number of hydrogen-bond acceptors (Lipinski definition) is 5. The number of pyridine rings is 1. The van der Waals surface area contributed by atoms with E-state index in [0.29, 0.717) is 5.92 Å². The molecule has 0 N–H and O–H groups in total. The third-order valence-electron chi connectivity index (χ3n) is 4.82. The van der Waals surface area contributed by atoms with Gasteiger partial charge in [0.15, 0.2) is 0 Å². The van der Waals surface area contributed by atoms with Crippen molar-refractivity contribution in [1.29, 1.82) is 0 Å². The highest BCUT2D eigenvalue weighted by atomic mass is 16.5. The molecule has 0 aromatic carbocycles. The summed E-state index contributed by atoms with van der Waals surface area (Å²) in [5, 5.41) is 8.83. The zero-order valence-corrected chi connectivity index (χ0v) is 13.4. The molecular formula is C17H23N5O. The first kappa shape index (κ1) is 14.8. The average molecular weight is 313 g/mol. The molecule has 1 saturated heterocycles. The van der Waals surface area contributed by atoms with Crippen LogP contribution in [0.15, 0.2) is 24.5 Å². The third-order valence-corrected chi connectivity index (χ3v) is 4.82. The van der Waals surface area contributed by atoms with Gasteiger partial charge in [-0.2, -0.15) is 0 Å². The Labute approximate surface area is 136 Å². The topological polar surface area (TPSA) is 56.1 Å². The van der Waals surface area contributed by atoms with Gasteiger partial charge in [0.25, 0.3) is 0 Å². The highest BCUT2D eigenvalue weighted by Gasteiger charge is 2.23. The third kappa shape index (κ3) is 3.43. The van der Waals surface area contributed by atoms with Crippen molar-refractivity contribution in [3.63, 3.8) is 0 Å². The molecule has 0 unspecified atom stereocenters. The maximum absolute atomic E-state index is 5.50. The smallest absolute Gasteiger partial charge is 0.137 e. The maximum atomic E-state index is 5.50. The minimum absolute atomic E-state index is 0.702. The van der Waals surface area contributed by atoms with Gasteiger partial charge in [-0.05, 0) is 24.0 Å². The van der Waals surface area contributed by atoms with E-state index in [1.807, 2.05) is 12.3 Å². The van der Waals surface area contributed by atoms with Crippen LogP contribution in [0.1, 0.15) is 23.6 Å². The van der Waals surface area contributed by atoms with E-state index < -0.39 is 0 Å². The number of aromatic nitrogens is 4. The zero-order chi connectivity index (χ0) is 15.5. The van der Waals surface area contributed by atoms with Gasteiger partial charge in [-0.1, -0.05) is 6.07 Å². The zero-order valence-electron chi connectivity index (χ0n) is 13.4. The molecule has 6 nitrogen and oxygen atoms in total. The molecule has 0 bridgehead atoms. The van der Waals surface area contributed by atoms with Crippen LogP contribution in [0.5, 0.6) is 0 Å². The van der Waals surface area contributed by atoms with Gasteiger partial charge >= 0.3 is 0 Å². The molecule has 4 heterocycles. The number of fused-ring (bicyclic) bond motifs is 1. The van der Waals surface area contributed by atoms with Gasteiger partial charge in [-0.25, -0.2) is 0 Å².